The molecule has 0 atom stereocenters. The average molecular weight is 228 g/mol. The van der Waals surface area contributed by atoms with Crippen LogP contribution < -0.4 is 0 Å². The van der Waals surface area contributed by atoms with Crippen LogP contribution in [0.2, 0.25) is 10.0 Å². The van der Waals surface area contributed by atoms with E-state index in [9.17, 15) is 4.79 Å². The Morgan fingerprint density at radius 3 is 2.79 bits per heavy atom. The molecular formula is C11H9Cl2O. The maximum absolute atomic E-state index is 9.93. The smallest absolute Gasteiger partial charge is 0.198 e. The van der Waals surface area contributed by atoms with Crippen LogP contribution in [-0.2, 0) is 4.79 Å². The molecule has 1 radical (unpaired) electrons. The lowest BCUT2D eigenvalue weighted by Crippen LogP contribution is -1.75. The number of hydrogen-bond donors (Lipinski definition) is 0. The summed E-state index contributed by atoms with van der Waals surface area (Å²) in [6.45, 7) is 0. The normalized spacial score (nSPS) is 10.7. The van der Waals surface area contributed by atoms with Crippen molar-refractivity contribution in [2.75, 3.05) is 0 Å². The van der Waals surface area contributed by atoms with Gasteiger partial charge in [-0.25, -0.2) is 0 Å². The molecule has 1 rings (SSSR count). The molecule has 3 heteroatoms. The van der Waals surface area contributed by atoms with Crippen molar-refractivity contribution in [2.24, 2.45) is 0 Å². The summed E-state index contributed by atoms with van der Waals surface area (Å²) in [5.41, 5.74) is 0.905. The Kier molecular flexibility index (Phi) is 4.71. The van der Waals surface area contributed by atoms with Gasteiger partial charge in [-0.3, -0.25) is 4.79 Å². The summed E-state index contributed by atoms with van der Waals surface area (Å²) in [7, 11) is 0. The van der Waals surface area contributed by atoms with Crippen molar-refractivity contribution < 1.29 is 4.79 Å². The Balaban J connectivity index is 2.67. The van der Waals surface area contributed by atoms with Crippen molar-refractivity contribution in [3.05, 3.63) is 39.9 Å². The van der Waals surface area contributed by atoms with E-state index >= 15 is 0 Å². The van der Waals surface area contributed by atoms with Crippen molar-refractivity contribution in [3.63, 3.8) is 0 Å². The lowest BCUT2D eigenvalue weighted by atomic mass is 10.2. The Bertz CT molecular complexity index is 345. The fraction of sp³-hybridized carbons (Fsp3) is 0.182. The standard InChI is InChI=1S/C11H9Cl2O/c12-10-6-5-9(11(13)8-10)4-2-1-3-7-14/h2,4-6,8H,1,3H2. The van der Waals surface area contributed by atoms with Crippen LogP contribution in [0, 0.1) is 0 Å². The molecule has 0 aliphatic rings. The predicted octanol–water partition coefficient (Wildman–Crippen LogP) is 3.90. The van der Waals surface area contributed by atoms with Crippen molar-refractivity contribution in [2.45, 2.75) is 12.8 Å². The molecule has 0 spiro atoms. The molecule has 0 heterocycles. The zero-order valence-electron chi connectivity index (χ0n) is 7.47. The summed E-state index contributed by atoms with van der Waals surface area (Å²) >= 11 is 11.7. The molecule has 0 amide bonds. The molecule has 0 fully saturated rings. The van der Waals surface area contributed by atoms with Crippen LogP contribution in [0.15, 0.2) is 24.3 Å². The molecule has 0 bridgehead atoms. The number of allylic oxidation sites excluding steroid dienone is 1. The zero-order chi connectivity index (χ0) is 10.4. The first-order chi connectivity index (χ1) is 6.74. The van der Waals surface area contributed by atoms with Crippen molar-refractivity contribution in [1.29, 1.82) is 0 Å². The fourth-order valence-corrected chi connectivity index (χ4v) is 1.46. The molecule has 0 aliphatic heterocycles. The molecule has 0 unspecified atom stereocenters. The second-order valence-electron chi connectivity index (χ2n) is 2.75. The highest BCUT2D eigenvalue weighted by molar-refractivity contribution is 6.35. The van der Waals surface area contributed by atoms with Crippen LogP contribution in [0.4, 0.5) is 0 Å². The molecular weight excluding hydrogens is 219 g/mol. The minimum Gasteiger partial charge on any atom is -0.291 e. The van der Waals surface area contributed by atoms with Crippen LogP contribution in [0.1, 0.15) is 18.4 Å². The lowest BCUT2D eigenvalue weighted by molar-refractivity contribution is 0.552. The highest BCUT2D eigenvalue weighted by Gasteiger charge is 1.96. The third-order valence-corrected chi connectivity index (χ3v) is 2.24. The predicted molar refractivity (Wildman–Crippen MR) is 60.4 cm³/mol. The first kappa shape index (κ1) is 11.3. The summed E-state index contributed by atoms with van der Waals surface area (Å²) in [5, 5.41) is 1.23. The monoisotopic (exact) mass is 227 g/mol. The summed E-state index contributed by atoms with van der Waals surface area (Å²) in [6, 6.07) is 5.30. The number of hydrogen-bond acceptors (Lipinski definition) is 1. The Hall–Kier alpha value is -0.790. The summed E-state index contributed by atoms with van der Waals surface area (Å²) in [5.74, 6) is 0. The van der Waals surface area contributed by atoms with Crippen molar-refractivity contribution in [3.8, 4) is 0 Å². The first-order valence-corrected chi connectivity index (χ1v) is 4.96. The van der Waals surface area contributed by atoms with Gasteiger partial charge < -0.3 is 0 Å². The van der Waals surface area contributed by atoms with Gasteiger partial charge in [0.25, 0.3) is 0 Å². The van der Waals surface area contributed by atoms with Gasteiger partial charge in [-0.05, 0) is 24.1 Å². The minimum atomic E-state index is 0.418. The van der Waals surface area contributed by atoms with Gasteiger partial charge in [0.2, 0.25) is 0 Å². The van der Waals surface area contributed by atoms with Gasteiger partial charge in [-0.15, -0.1) is 0 Å². The molecule has 0 aromatic heterocycles. The molecule has 1 aromatic rings. The fourth-order valence-electron chi connectivity index (χ4n) is 0.989. The van der Waals surface area contributed by atoms with Crippen molar-refractivity contribution in [1.82, 2.24) is 0 Å². The van der Waals surface area contributed by atoms with E-state index in [-0.39, 0.29) is 0 Å². The van der Waals surface area contributed by atoms with Gasteiger partial charge in [-0.2, -0.15) is 0 Å². The van der Waals surface area contributed by atoms with Crippen LogP contribution >= 0.6 is 23.2 Å². The number of unbranched alkanes of at least 4 members (excludes halogenated alkanes) is 1. The number of halogens is 2. The van der Waals surface area contributed by atoms with Gasteiger partial charge in [0.05, 0.1) is 0 Å². The minimum absolute atomic E-state index is 0.418. The third kappa shape index (κ3) is 3.52. The number of benzene rings is 1. The first-order valence-electron chi connectivity index (χ1n) is 4.20. The maximum atomic E-state index is 9.93. The molecule has 0 aliphatic carbocycles. The van der Waals surface area contributed by atoms with E-state index < -0.39 is 0 Å². The van der Waals surface area contributed by atoms with E-state index in [2.05, 4.69) is 0 Å². The number of rotatable bonds is 4. The maximum Gasteiger partial charge on any atom is 0.198 e. The summed E-state index contributed by atoms with van der Waals surface area (Å²) in [6.07, 6.45) is 6.68. The zero-order valence-corrected chi connectivity index (χ0v) is 8.98. The van der Waals surface area contributed by atoms with Gasteiger partial charge >= 0.3 is 0 Å². The topological polar surface area (TPSA) is 17.1 Å². The third-order valence-electron chi connectivity index (χ3n) is 1.67. The van der Waals surface area contributed by atoms with Gasteiger partial charge in [0.1, 0.15) is 0 Å². The van der Waals surface area contributed by atoms with E-state index in [1.54, 1.807) is 12.1 Å². The second-order valence-corrected chi connectivity index (χ2v) is 3.59. The Morgan fingerprint density at radius 2 is 2.14 bits per heavy atom. The van der Waals surface area contributed by atoms with Crippen molar-refractivity contribution >= 4 is 35.6 Å². The molecule has 0 N–H and O–H groups in total. The van der Waals surface area contributed by atoms with Gasteiger partial charge in [0.15, 0.2) is 6.29 Å². The summed E-state index contributed by atoms with van der Waals surface area (Å²) < 4.78 is 0. The second kappa shape index (κ2) is 5.84. The van der Waals surface area contributed by atoms with Crippen LogP contribution in [0.25, 0.3) is 6.08 Å². The highest BCUT2D eigenvalue weighted by atomic mass is 35.5. The van der Waals surface area contributed by atoms with Gasteiger partial charge in [0, 0.05) is 16.5 Å². The van der Waals surface area contributed by atoms with Crippen LogP contribution in [0.3, 0.4) is 0 Å². The lowest BCUT2D eigenvalue weighted by Gasteiger charge is -1.97. The van der Waals surface area contributed by atoms with E-state index in [0.717, 1.165) is 5.56 Å². The Morgan fingerprint density at radius 1 is 1.36 bits per heavy atom. The van der Waals surface area contributed by atoms with E-state index in [4.69, 9.17) is 23.2 Å². The quantitative estimate of drug-likeness (QED) is 0.714. The average Bonchev–Trinajstić information content (AvgIpc) is 2.15. The number of carbonyl (C=O) groups excluding carboxylic acids is 1. The largest absolute Gasteiger partial charge is 0.291 e. The Labute approximate surface area is 93.3 Å². The molecule has 1 aromatic carbocycles. The molecule has 14 heavy (non-hydrogen) atoms. The molecule has 73 valence electrons. The van der Waals surface area contributed by atoms with E-state index in [0.29, 0.717) is 22.9 Å². The van der Waals surface area contributed by atoms with E-state index in [1.807, 2.05) is 24.5 Å². The SMILES string of the molecule is O=[C]CCC=Cc1ccc(Cl)cc1Cl. The molecule has 1 nitrogen and oxygen atoms in total. The van der Waals surface area contributed by atoms with Crippen LogP contribution in [0.5, 0.6) is 0 Å². The summed E-state index contributed by atoms with van der Waals surface area (Å²) in [4.78, 5) is 9.93. The van der Waals surface area contributed by atoms with Gasteiger partial charge in [-0.1, -0.05) is 41.4 Å². The molecule has 0 saturated carbocycles. The van der Waals surface area contributed by atoms with Crippen LogP contribution in [-0.4, -0.2) is 6.29 Å². The molecule has 0 saturated heterocycles. The highest BCUT2D eigenvalue weighted by Crippen LogP contribution is 2.22. The van der Waals surface area contributed by atoms with E-state index in [1.165, 1.54) is 0 Å².